The molecule has 0 bridgehead atoms. The van der Waals surface area contributed by atoms with Gasteiger partial charge in [-0.1, -0.05) is 0 Å². The van der Waals surface area contributed by atoms with Gasteiger partial charge in [0.05, 0.1) is 19.0 Å². The topological polar surface area (TPSA) is 111 Å². The number of ether oxygens (including phenoxy) is 2. The van der Waals surface area contributed by atoms with E-state index >= 15 is 0 Å². The molecule has 1 aliphatic rings. The Morgan fingerprint density at radius 2 is 2.08 bits per heavy atom. The average molecular weight is 358 g/mol. The minimum absolute atomic E-state index is 0.116. The fourth-order valence-electron chi connectivity index (χ4n) is 2.93. The van der Waals surface area contributed by atoms with Gasteiger partial charge >= 0.3 is 5.97 Å². The third-order valence-electron chi connectivity index (χ3n) is 4.33. The van der Waals surface area contributed by atoms with Crippen molar-refractivity contribution in [3.05, 3.63) is 30.1 Å². The summed E-state index contributed by atoms with van der Waals surface area (Å²) in [5.41, 5.74) is 6.35. The maximum atomic E-state index is 11.2. The first-order valence-electron chi connectivity index (χ1n) is 8.48. The summed E-state index contributed by atoms with van der Waals surface area (Å²) in [6, 6.07) is 5.33. The summed E-state index contributed by atoms with van der Waals surface area (Å²) >= 11 is 0. The number of hydrogen-bond donors (Lipinski definition) is 2. The zero-order valence-corrected chi connectivity index (χ0v) is 14.6. The summed E-state index contributed by atoms with van der Waals surface area (Å²) in [4.78, 5) is 21.5. The lowest BCUT2D eigenvalue weighted by Gasteiger charge is -2.16. The van der Waals surface area contributed by atoms with E-state index in [9.17, 15) is 4.79 Å². The predicted molar refractivity (Wildman–Crippen MR) is 96.6 cm³/mol. The summed E-state index contributed by atoms with van der Waals surface area (Å²) in [5, 5.41) is 9.14. The third kappa shape index (κ3) is 4.02. The highest BCUT2D eigenvalue weighted by Crippen LogP contribution is 2.32. The van der Waals surface area contributed by atoms with Crippen LogP contribution < -0.4 is 15.2 Å². The van der Waals surface area contributed by atoms with Gasteiger partial charge in [0.1, 0.15) is 6.61 Å². The van der Waals surface area contributed by atoms with Crippen LogP contribution in [0.3, 0.4) is 0 Å². The Morgan fingerprint density at radius 1 is 1.31 bits per heavy atom. The van der Waals surface area contributed by atoms with Gasteiger partial charge in [0.2, 0.25) is 0 Å². The van der Waals surface area contributed by atoms with Crippen LogP contribution in [-0.4, -0.2) is 59.3 Å². The van der Waals surface area contributed by atoms with Crippen molar-refractivity contribution in [1.29, 1.82) is 0 Å². The van der Waals surface area contributed by atoms with E-state index in [0.717, 1.165) is 19.6 Å². The van der Waals surface area contributed by atoms with Crippen molar-refractivity contribution >= 4 is 11.8 Å². The number of carboxylic acids is 1. The van der Waals surface area contributed by atoms with E-state index in [-0.39, 0.29) is 11.5 Å². The number of nitrogen functional groups attached to an aromatic ring is 1. The van der Waals surface area contributed by atoms with E-state index in [1.54, 1.807) is 25.3 Å². The van der Waals surface area contributed by atoms with Gasteiger partial charge < -0.3 is 20.3 Å². The van der Waals surface area contributed by atoms with Crippen molar-refractivity contribution in [1.82, 2.24) is 14.9 Å². The molecular formula is C18H22N4O4. The Morgan fingerprint density at radius 3 is 2.77 bits per heavy atom. The molecule has 0 atom stereocenters. The van der Waals surface area contributed by atoms with Crippen LogP contribution in [0.5, 0.6) is 11.5 Å². The second kappa shape index (κ2) is 8.01. The lowest BCUT2D eigenvalue weighted by Crippen LogP contribution is -2.25. The number of hydrogen-bond acceptors (Lipinski definition) is 7. The third-order valence-corrected chi connectivity index (χ3v) is 4.33. The molecule has 26 heavy (non-hydrogen) atoms. The minimum Gasteiger partial charge on any atom is -0.493 e. The SMILES string of the molecule is COc1cc(-c2cnc(N)c(C(=O)O)n2)ccc1OCCN1CCCC1. The van der Waals surface area contributed by atoms with Crippen LogP contribution in [0.4, 0.5) is 5.82 Å². The number of rotatable bonds is 7. The fraction of sp³-hybridized carbons (Fsp3) is 0.389. The quantitative estimate of drug-likeness (QED) is 0.772. The number of aromatic carboxylic acids is 1. The molecule has 1 fully saturated rings. The molecule has 0 amide bonds. The predicted octanol–water partition coefficient (Wildman–Crippen LogP) is 1.91. The molecule has 3 N–H and O–H groups in total. The van der Waals surface area contributed by atoms with Crippen LogP contribution in [0.1, 0.15) is 23.3 Å². The van der Waals surface area contributed by atoms with E-state index in [4.69, 9.17) is 20.3 Å². The maximum Gasteiger partial charge on any atom is 0.358 e. The number of nitrogens with zero attached hydrogens (tertiary/aromatic N) is 3. The average Bonchev–Trinajstić information content (AvgIpc) is 3.15. The van der Waals surface area contributed by atoms with Crippen LogP contribution in [0.25, 0.3) is 11.3 Å². The van der Waals surface area contributed by atoms with E-state index in [0.29, 0.717) is 29.4 Å². The van der Waals surface area contributed by atoms with Gasteiger partial charge in [0.25, 0.3) is 0 Å². The van der Waals surface area contributed by atoms with E-state index in [1.165, 1.54) is 19.0 Å². The minimum atomic E-state index is -1.22. The Hall–Kier alpha value is -2.87. The molecule has 2 aromatic rings. The van der Waals surface area contributed by atoms with Gasteiger partial charge in [0.15, 0.2) is 23.0 Å². The first kappa shape index (κ1) is 17.9. The standard InChI is InChI=1S/C18H22N4O4/c1-25-15-10-12(13-11-20-17(19)16(21-13)18(23)24)4-5-14(15)26-9-8-22-6-2-3-7-22/h4-5,10-11H,2-3,6-9H2,1H3,(H2,19,20)(H,23,24). The normalized spacial score (nSPS) is 14.3. The van der Waals surface area contributed by atoms with Crippen LogP contribution in [-0.2, 0) is 0 Å². The smallest absolute Gasteiger partial charge is 0.358 e. The molecule has 1 saturated heterocycles. The Balaban J connectivity index is 1.75. The molecule has 1 aromatic carbocycles. The monoisotopic (exact) mass is 358 g/mol. The number of anilines is 1. The molecule has 0 aliphatic carbocycles. The molecule has 1 aliphatic heterocycles. The van der Waals surface area contributed by atoms with Crippen molar-refractivity contribution in [2.75, 3.05) is 39.1 Å². The number of methoxy groups -OCH3 is 1. The molecule has 0 unspecified atom stereocenters. The van der Waals surface area contributed by atoms with Gasteiger partial charge in [-0.3, -0.25) is 4.90 Å². The van der Waals surface area contributed by atoms with Crippen molar-refractivity contribution in [2.45, 2.75) is 12.8 Å². The molecule has 8 nitrogen and oxygen atoms in total. The lowest BCUT2D eigenvalue weighted by molar-refractivity contribution is 0.0691. The number of likely N-dealkylation sites (tertiary alicyclic amines) is 1. The van der Waals surface area contributed by atoms with Gasteiger partial charge in [-0.15, -0.1) is 0 Å². The Bertz CT molecular complexity index is 791. The first-order valence-corrected chi connectivity index (χ1v) is 8.48. The lowest BCUT2D eigenvalue weighted by atomic mass is 10.1. The van der Waals surface area contributed by atoms with Gasteiger partial charge in [-0.25, -0.2) is 14.8 Å². The van der Waals surface area contributed by atoms with Crippen LogP contribution in [0.2, 0.25) is 0 Å². The summed E-state index contributed by atoms with van der Waals surface area (Å²) in [6.07, 6.45) is 3.93. The van der Waals surface area contributed by atoms with Gasteiger partial charge in [-0.2, -0.15) is 0 Å². The zero-order chi connectivity index (χ0) is 18.5. The van der Waals surface area contributed by atoms with Crippen molar-refractivity contribution < 1.29 is 19.4 Å². The van der Waals surface area contributed by atoms with Crippen LogP contribution in [0.15, 0.2) is 24.4 Å². The first-order chi connectivity index (χ1) is 12.6. The highest BCUT2D eigenvalue weighted by atomic mass is 16.5. The number of carboxylic acid groups (broad SMARTS) is 1. The van der Waals surface area contributed by atoms with Gasteiger partial charge in [0, 0.05) is 12.1 Å². The number of aromatic nitrogens is 2. The Labute approximate surface area is 151 Å². The second-order valence-electron chi connectivity index (χ2n) is 6.06. The number of benzene rings is 1. The molecule has 0 radical (unpaired) electrons. The molecule has 1 aromatic heterocycles. The van der Waals surface area contributed by atoms with Crippen LogP contribution >= 0.6 is 0 Å². The molecule has 2 heterocycles. The molecule has 0 saturated carbocycles. The molecular weight excluding hydrogens is 336 g/mol. The second-order valence-corrected chi connectivity index (χ2v) is 6.06. The largest absolute Gasteiger partial charge is 0.493 e. The summed E-state index contributed by atoms with van der Waals surface area (Å²) < 4.78 is 11.2. The number of nitrogens with two attached hydrogens (primary N) is 1. The Kier molecular flexibility index (Phi) is 5.52. The molecule has 8 heteroatoms. The van der Waals surface area contributed by atoms with Crippen LogP contribution in [0, 0.1) is 0 Å². The highest BCUT2D eigenvalue weighted by Gasteiger charge is 2.15. The summed E-state index contributed by atoms with van der Waals surface area (Å²) in [5.74, 6) is -0.141. The molecule has 138 valence electrons. The highest BCUT2D eigenvalue weighted by molar-refractivity contribution is 5.90. The molecule has 0 spiro atoms. The van der Waals surface area contributed by atoms with E-state index in [2.05, 4.69) is 14.9 Å². The number of carbonyl (C=O) groups is 1. The van der Waals surface area contributed by atoms with Crippen molar-refractivity contribution in [3.63, 3.8) is 0 Å². The zero-order valence-electron chi connectivity index (χ0n) is 14.6. The summed E-state index contributed by atoms with van der Waals surface area (Å²) in [7, 11) is 1.56. The summed E-state index contributed by atoms with van der Waals surface area (Å²) in [6.45, 7) is 3.72. The van der Waals surface area contributed by atoms with E-state index < -0.39 is 5.97 Å². The maximum absolute atomic E-state index is 11.2. The van der Waals surface area contributed by atoms with Gasteiger partial charge in [-0.05, 0) is 44.1 Å². The van der Waals surface area contributed by atoms with E-state index in [1.807, 2.05) is 0 Å². The fourth-order valence-corrected chi connectivity index (χ4v) is 2.93. The molecule has 3 rings (SSSR count). The van der Waals surface area contributed by atoms with Crippen molar-refractivity contribution in [2.24, 2.45) is 0 Å². The van der Waals surface area contributed by atoms with Crippen molar-refractivity contribution in [3.8, 4) is 22.8 Å².